The summed E-state index contributed by atoms with van der Waals surface area (Å²) in [4.78, 5) is 13.4. The fourth-order valence-corrected chi connectivity index (χ4v) is 1.90. The number of amides is 1. The highest BCUT2D eigenvalue weighted by molar-refractivity contribution is 5.96. The molecule has 2 rings (SSSR count). The first-order valence-electron chi connectivity index (χ1n) is 6.38. The van der Waals surface area contributed by atoms with Gasteiger partial charge in [-0.1, -0.05) is 0 Å². The lowest BCUT2D eigenvalue weighted by atomic mass is 10.2. The van der Waals surface area contributed by atoms with E-state index in [1.54, 1.807) is 18.2 Å². The third-order valence-electron chi connectivity index (χ3n) is 2.96. The second-order valence-corrected chi connectivity index (χ2v) is 4.50. The third kappa shape index (κ3) is 3.41. The summed E-state index contributed by atoms with van der Waals surface area (Å²) in [5.74, 6) is -0.518. The molecule has 0 bridgehead atoms. The topological polar surface area (TPSA) is 62.9 Å². The van der Waals surface area contributed by atoms with E-state index in [2.05, 4.69) is 0 Å². The zero-order valence-electron chi connectivity index (χ0n) is 11.7. The number of ether oxygens (including phenoxy) is 1. The molecule has 1 heterocycles. The highest BCUT2D eigenvalue weighted by Crippen LogP contribution is 2.25. The van der Waals surface area contributed by atoms with Crippen LogP contribution in [0.15, 0.2) is 41.0 Å². The largest absolute Gasteiger partial charge is 0.494 e. The van der Waals surface area contributed by atoms with E-state index < -0.39 is 17.8 Å². The van der Waals surface area contributed by atoms with Crippen LogP contribution < -0.4 is 9.64 Å². The highest BCUT2D eigenvalue weighted by atomic mass is 19.1. The Hall–Kier alpha value is -2.34. The molecule has 5 nitrogen and oxygen atoms in total. The monoisotopic (exact) mass is 293 g/mol. The van der Waals surface area contributed by atoms with Gasteiger partial charge in [-0.15, -0.1) is 0 Å². The number of hydrogen-bond acceptors (Lipinski definition) is 4. The summed E-state index contributed by atoms with van der Waals surface area (Å²) in [6.07, 6.45) is 0.278. The van der Waals surface area contributed by atoms with E-state index in [4.69, 9.17) is 9.15 Å². The first kappa shape index (κ1) is 15.1. The Labute approximate surface area is 121 Å². The predicted molar refractivity (Wildman–Crippen MR) is 74.5 cm³/mol. The maximum absolute atomic E-state index is 13.8. The average molecular weight is 293 g/mol. The number of hydrogen-bond donors (Lipinski definition) is 1. The Morgan fingerprint density at radius 1 is 1.48 bits per heavy atom. The standard InChI is InChI=1S/C15H16FNO4/c1-10(18)15(19)17(9-12-4-3-7-21-12)11-5-6-14(20-2)13(16)8-11/h3-8,10,18H,9H2,1-2H3. The first-order chi connectivity index (χ1) is 10.0. The van der Waals surface area contributed by atoms with Crippen LogP contribution in [0.25, 0.3) is 0 Å². The first-order valence-corrected chi connectivity index (χ1v) is 6.38. The lowest BCUT2D eigenvalue weighted by Gasteiger charge is -2.23. The molecule has 1 N–H and O–H groups in total. The fourth-order valence-electron chi connectivity index (χ4n) is 1.90. The molecule has 0 saturated heterocycles. The van der Waals surface area contributed by atoms with Crippen LogP contribution in [0.3, 0.4) is 0 Å². The minimum atomic E-state index is -1.20. The van der Waals surface area contributed by atoms with Crippen LogP contribution >= 0.6 is 0 Å². The van der Waals surface area contributed by atoms with Gasteiger partial charge in [-0.05, 0) is 31.2 Å². The Kier molecular flexibility index (Phi) is 4.59. The van der Waals surface area contributed by atoms with Crippen molar-refractivity contribution in [1.29, 1.82) is 0 Å². The molecule has 21 heavy (non-hydrogen) atoms. The van der Waals surface area contributed by atoms with Crippen molar-refractivity contribution < 1.29 is 23.4 Å². The van der Waals surface area contributed by atoms with Gasteiger partial charge in [0.2, 0.25) is 0 Å². The van der Waals surface area contributed by atoms with Gasteiger partial charge in [0, 0.05) is 11.8 Å². The molecule has 2 aromatic rings. The summed E-state index contributed by atoms with van der Waals surface area (Å²) < 4.78 is 23.8. The van der Waals surface area contributed by atoms with Crippen molar-refractivity contribution in [2.24, 2.45) is 0 Å². The zero-order valence-corrected chi connectivity index (χ0v) is 11.7. The van der Waals surface area contributed by atoms with Crippen molar-refractivity contribution in [2.75, 3.05) is 12.0 Å². The van der Waals surface area contributed by atoms with Crippen LogP contribution in [0.1, 0.15) is 12.7 Å². The number of benzene rings is 1. The third-order valence-corrected chi connectivity index (χ3v) is 2.96. The normalized spacial score (nSPS) is 12.0. The predicted octanol–water partition coefficient (Wildman–Crippen LogP) is 2.34. The summed E-state index contributed by atoms with van der Waals surface area (Å²) in [6.45, 7) is 1.46. The summed E-state index contributed by atoms with van der Waals surface area (Å²) >= 11 is 0. The lowest BCUT2D eigenvalue weighted by molar-refractivity contribution is -0.126. The Morgan fingerprint density at radius 2 is 2.24 bits per heavy atom. The van der Waals surface area contributed by atoms with E-state index in [0.717, 1.165) is 0 Å². The van der Waals surface area contributed by atoms with E-state index in [0.29, 0.717) is 11.4 Å². The van der Waals surface area contributed by atoms with Crippen molar-refractivity contribution in [2.45, 2.75) is 19.6 Å². The van der Waals surface area contributed by atoms with Crippen LogP contribution in [0, 0.1) is 5.82 Å². The number of methoxy groups -OCH3 is 1. The lowest BCUT2D eigenvalue weighted by Crippen LogP contribution is -2.37. The van der Waals surface area contributed by atoms with Crippen LogP contribution in [0.2, 0.25) is 0 Å². The summed E-state index contributed by atoms with van der Waals surface area (Å²) in [5, 5.41) is 9.51. The molecule has 1 atom stereocenters. The Balaban J connectivity index is 2.34. The van der Waals surface area contributed by atoms with E-state index in [9.17, 15) is 14.3 Å². The van der Waals surface area contributed by atoms with Crippen molar-refractivity contribution >= 4 is 11.6 Å². The quantitative estimate of drug-likeness (QED) is 0.919. The van der Waals surface area contributed by atoms with Gasteiger partial charge in [0.1, 0.15) is 11.9 Å². The molecule has 0 aliphatic carbocycles. The van der Waals surface area contributed by atoms with E-state index in [1.807, 2.05) is 0 Å². The van der Waals surface area contributed by atoms with Crippen LogP contribution in [-0.2, 0) is 11.3 Å². The molecule has 1 aromatic heterocycles. The molecule has 0 aliphatic rings. The van der Waals surface area contributed by atoms with E-state index in [-0.39, 0.29) is 12.3 Å². The molecule has 0 radical (unpaired) electrons. The smallest absolute Gasteiger partial charge is 0.255 e. The van der Waals surface area contributed by atoms with E-state index >= 15 is 0 Å². The number of furan rings is 1. The minimum absolute atomic E-state index is 0.0844. The Morgan fingerprint density at radius 3 is 2.76 bits per heavy atom. The number of rotatable bonds is 5. The van der Waals surface area contributed by atoms with Gasteiger partial charge < -0.3 is 19.2 Å². The molecule has 1 unspecified atom stereocenters. The maximum atomic E-state index is 13.8. The molecule has 0 spiro atoms. The fraction of sp³-hybridized carbons (Fsp3) is 0.267. The number of carbonyl (C=O) groups is 1. The van der Waals surface area contributed by atoms with Gasteiger partial charge in [0.15, 0.2) is 11.6 Å². The SMILES string of the molecule is COc1ccc(N(Cc2ccco2)C(=O)C(C)O)cc1F. The molecule has 0 aliphatic heterocycles. The van der Waals surface area contributed by atoms with Gasteiger partial charge in [0.25, 0.3) is 5.91 Å². The summed E-state index contributed by atoms with van der Waals surface area (Å²) in [7, 11) is 1.36. The van der Waals surface area contributed by atoms with Gasteiger partial charge in [-0.3, -0.25) is 4.79 Å². The summed E-state index contributed by atoms with van der Waals surface area (Å²) in [5.41, 5.74) is 0.315. The van der Waals surface area contributed by atoms with Gasteiger partial charge in [0.05, 0.1) is 19.9 Å². The number of anilines is 1. The number of aliphatic hydroxyl groups excluding tert-OH is 1. The molecule has 0 saturated carbocycles. The average Bonchev–Trinajstić information content (AvgIpc) is 2.97. The maximum Gasteiger partial charge on any atom is 0.255 e. The molecule has 1 aromatic carbocycles. The van der Waals surface area contributed by atoms with Crippen LogP contribution in [0.4, 0.5) is 10.1 Å². The molecule has 0 fully saturated rings. The second kappa shape index (κ2) is 6.41. The molecular weight excluding hydrogens is 277 g/mol. The number of aliphatic hydroxyl groups is 1. The number of halogens is 1. The Bertz CT molecular complexity index is 610. The highest BCUT2D eigenvalue weighted by Gasteiger charge is 2.22. The van der Waals surface area contributed by atoms with Gasteiger partial charge >= 0.3 is 0 Å². The molecule has 6 heteroatoms. The minimum Gasteiger partial charge on any atom is -0.494 e. The summed E-state index contributed by atoms with van der Waals surface area (Å²) in [6, 6.07) is 7.54. The zero-order chi connectivity index (χ0) is 15.4. The molecular formula is C15H16FNO4. The van der Waals surface area contributed by atoms with E-state index in [1.165, 1.54) is 37.3 Å². The number of carbonyl (C=O) groups excluding carboxylic acids is 1. The van der Waals surface area contributed by atoms with Crippen LogP contribution in [-0.4, -0.2) is 24.2 Å². The van der Waals surface area contributed by atoms with Crippen molar-refractivity contribution in [1.82, 2.24) is 0 Å². The van der Waals surface area contributed by atoms with Crippen molar-refractivity contribution in [3.63, 3.8) is 0 Å². The molecule has 1 amide bonds. The second-order valence-electron chi connectivity index (χ2n) is 4.50. The van der Waals surface area contributed by atoms with Gasteiger partial charge in [-0.2, -0.15) is 0 Å². The van der Waals surface area contributed by atoms with Crippen molar-refractivity contribution in [3.05, 3.63) is 48.2 Å². The van der Waals surface area contributed by atoms with Crippen LogP contribution in [0.5, 0.6) is 5.75 Å². The molecule has 112 valence electrons. The number of nitrogens with zero attached hydrogens (tertiary/aromatic N) is 1. The van der Waals surface area contributed by atoms with Gasteiger partial charge in [-0.25, -0.2) is 4.39 Å². The van der Waals surface area contributed by atoms with Crippen molar-refractivity contribution in [3.8, 4) is 5.75 Å².